The molecule has 0 spiro atoms. The van der Waals surface area contributed by atoms with Gasteiger partial charge in [-0.15, -0.1) is 10.6 Å². The highest BCUT2D eigenvalue weighted by atomic mass is 32.1. The van der Waals surface area contributed by atoms with Gasteiger partial charge in [0.05, 0.1) is 34.0 Å². The van der Waals surface area contributed by atoms with E-state index < -0.39 is 29.2 Å². The predicted octanol–water partition coefficient (Wildman–Crippen LogP) is 5.55. The summed E-state index contributed by atoms with van der Waals surface area (Å²) in [5.41, 5.74) is 7.30. The number of rotatable bonds is 6. The SMILES string of the molecule is N#Cc1cc2sc(NC(=O)N(Cc3ccc(C(=O)N/C(N=[NH2+])=N/N)cc3)c3ccc(C4=CCCCC4)cc3)nc2cc1C(F)(F)F. The molecule has 46 heavy (non-hydrogen) atoms. The number of carbonyl (C=O) groups is 2. The fourth-order valence-corrected chi connectivity index (χ4v) is 5.84. The number of hydrogen-bond acceptors (Lipinski definition) is 7. The monoisotopic (exact) mass is 646 g/mol. The third kappa shape index (κ3) is 7.19. The number of benzene rings is 3. The number of fused-ring (bicyclic) bond motifs is 1. The van der Waals surface area contributed by atoms with E-state index in [2.05, 4.69) is 31.9 Å². The summed E-state index contributed by atoms with van der Waals surface area (Å²) < 4.78 is 40.8. The molecular weight excluding hydrogens is 619 g/mol. The molecule has 3 amide bonds. The molecule has 5 rings (SSSR count). The number of nitrogens with zero attached hydrogens (tertiary/aromatic N) is 5. The Morgan fingerprint density at radius 2 is 1.85 bits per heavy atom. The van der Waals surface area contributed by atoms with Crippen molar-refractivity contribution < 1.29 is 28.3 Å². The van der Waals surface area contributed by atoms with Gasteiger partial charge in [0.2, 0.25) is 0 Å². The van der Waals surface area contributed by atoms with E-state index in [-0.39, 0.29) is 28.7 Å². The van der Waals surface area contributed by atoms with Gasteiger partial charge in [-0.05, 0) is 78.8 Å². The van der Waals surface area contributed by atoms with E-state index in [1.54, 1.807) is 30.3 Å². The molecule has 0 bridgehead atoms. The van der Waals surface area contributed by atoms with Crippen molar-refractivity contribution in [2.75, 3.05) is 10.2 Å². The number of allylic oxidation sites excluding steroid dienone is 2. The highest BCUT2D eigenvalue weighted by Crippen LogP contribution is 2.37. The van der Waals surface area contributed by atoms with Gasteiger partial charge in [-0.1, -0.05) is 41.7 Å². The zero-order valence-corrected chi connectivity index (χ0v) is 25.0. The number of nitriles is 1. The second-order valence-electron chi connectivity index (χ2n) is 10.3. The smallest absolute Gasteiger partial charge is 0.320 e. The van der Waals surface area contributed by atoms with E-state index in [4.69, 9.17) is 11.4 Å². The van der Waals surface area contributed by atoms with Gasteiger partial charge >= 0.3 is 18.2 Å². The number of amides is 3. The van der Waals surface area contributed by atoms with Crippen molar-refractivity contribution in [2.24, 2.45) is 16.1 Å². The third-order valence-electron chi connectivity index (χ3n) is 7.28. The minimum absolute atomic E-state index is 0.00224. The maximum absolute atomic E-state index is 13.7. The Balaban J connectivity index is 1.43. The second-order valence-corrected chi connectivity index (χ2v) is 11.3. The van der Waals surface area contributed by atoms with E-state index in [1.807, 2.05) is 24.3 Å². The number of nitrogens with two attached hydrogens (primary N) is 2. The first kappa shape index (κ1) is 31.8. The molecule has 0 fully saturated rings. The van der Waals surface area contributed by atoms with Gasteiger partial charge in [0, 0.05) is 16.4 Å². The summed E-state index contributed by atoms with van der Waals surface area (Å²) in [6.45, 7) is 0.0745. The fraction of sp³-hybridized carbons (Fsp3) is 0.194. The molecule has 15 heteroatoms. The number of aromatic nitrogens is 1. The Bertz CT molecular complexity index is 1890. The normalized spacial score (nSPS) is 13.4. The van der Waals surface area contributed by atoms with E-state index in [0.717, 1.165) is 54.7 Å². The molecule has 3 aromatic carbocycles. The number of anilines is 2. The molecule has 1 heterocycles. The van der Waals surface area contributed by atoms with Gasteiger partial charge in [0.1, 0.15) is 0 Å². The molecule has 1 aliphatic rings. The van der Waals surface area contributed by atoms with Crippen LogP contribution in [0.25, 0.3) is 15.8 Å². The Hall–Kier alpha value is -5.62. The Labute approximate surface area is 264 Å². The van der Waals surface area contributed by atoms with Crippen LogP contribution in [0.4, 0.5) is 28.8 Å². The summed E-state index contributed by atoms with van der Waals surface area (Å²) in [5.74, 6) is 4.33. The lowest BCUT2D eigenvalue weighted by Crippen LogP contribution is -2.37. The van der Waals surface area contributed by atoms with Crippen LogP contribution in [0.3, 0.4) is 0 Å². The van der Waals surface area contributed by atoms with Crippen LogP contribution < -0.4 is 26.9 Å². The Kier molecular flexibility index (Phi) is 9.38. The molecule has 11 nitrogen and oxygen atoms in total. The van der Waals surface area contributed by atoms with Crippen molar-refractivity contribution >= 4 is 55.8 Å². The summed E-state index contributed by atoms with van der Waals surface area (Å²) in [6.07, 6.45) is 1.74. The summed E-state index contributed by atoms with van der Waals surface area (Å²) in [4.78, 5) is 31.8. The highest BCUT2D eigenvalue weighted by Gasteiger charge is 2.34. The standard InChI is InChI=1S/C31H26F3N9O2S/c32-31(33,34)24-15-25-26(14-22(24)16-35)46-29(38-25)40-30(45)43(23-12-10-20(11-13-23)19-4-2-1-3-5-19)17-18-6-8-21(9-7-18)27(44)39-28(41-36)42-37/h4,6-15,36H,1-3,5,17,37H2,(H,38,40,45)(H,39,42,44)/p+1. The summed E-state index contributed by atoms with van der Waals surface area (Å²) in [6, 6.07) is 16.9. The fourth-order valence-electron chi connectivity index (χ4n) is 4.97. The lowest BCUT2D eigenvalue weighted by molar-refractivity contribution is -0.207. The maximum Gasteiger partial charge on any atom is 0.417 e. The lowest BCUT2D eigenvalue weighted by Gasteiger charge is -2.23. The molecule has 0 radical (unpaired) electrons. The molecule has 0 aliphatic heterocycles. The van der Waals surface area contributed by atoms with Crippen molar-refractivity contribution in [2.45, 2.75) is 38.4 Å². The predicted molar refractivity (Wildman–Crippen MR) is 167 cm³/mol. The molecular formula is C31H27F3N9O2S+. The van der Waals surface area contributed by atoms with Crippen LogP contribution in [0, 0.1) is 11.3 Å². The molecule has 234 valence electrons. The van der Waals surface area contributed by atoms with Crippen LogP contribution in [-0.2, 0) is 12.7 Å². The Morgan fingerprint density at radius 1 is 1.11 bits per heavy atom. The van der Waals surface area contributed by atoms with Gasteiger partial charge < -0.3 is 5.84 Å². The molecule has 0 saturated carbocycles. The average Bonchev–Trinajstić information content (AvgIpc) is 3.46. The van der Waals surface area contributed by atoms with Crippen molar-refractivity contribution in [1.82, 2.24) is 10.3 Å². The van der Waals surface area contributed by atoms with Crippen molar-refractivity contribution in [3.63, 3.8) is 0 Å². The average molecular weight is 647 g/mol. The van der Waals surface area contributed by atoms with Crippen molar-refractivity contribution in [3.05, 3.63) is 94.6 Å². The van der Waals surface area contributed by atoms with Crippen LogP contribution >= 0.6 is 11.3 Å². The number of thiazole rings is 1. The first-order chi connectivity index (χ1) is 22.1. The minimum atomic E-state index is -4.74. The lowest BCUT2D eigenvalue weighted by atomic mass is 9.93. The molecule has 6 N–H and O–H groups in total. The van der Waals surface area contributed by atoms with Crippen LogP contribution in [0.5, 0.6) is 0 Å². The highest BCUT2D eigenvalue weighted by molar-refractivity contribution is 7.22. The number of hydrogen-bond donors (Lipinski definition) is 4. The van der Waals surface area contributed by atoms with Gasteiger partial charge in [0.15, 0.2) is 5.13 Å². The van der Waals surface area contributed by atoms with Crippen LogP contribution in [-0.4, -0.2) is 22.9 Å². The molecule has 4 aromatic rings. The van der Waals surface area contributed by atoms with Crippen LogP contribution in [0.2, 0.25) is 0 Å². The topological polar surface area (TPSA) is 174 Å². The number of guanidine groups is 1. The quantitative estimate of drug-likeness (QED) is 0.0705. The number of halogens is 3. The molecule has 0 atom stereocenters. The number of alkyl halides is 3. The first-order valence-corrected chi connectivity index (χ1v) is 14.8. The van der Waals surface area contributed by atoms with E-state index in [0.29, 0.717) is 16.0 Å². The van der Waals surface area contributed by atoms with Crippen LogP contribution in [0.15, 0.2) is 77.0 Å². The van der Waals surface area contributed by atoms with Gasteiger partial charge in [-0.2, -0.15) is 18.4 Å². The molecule has 0 unspecified atom stereocenters. The van der Waals surface area contributed by atoms with E-state index in [1.165, 1.54) is 10.5 Å². The number of carbonyl (C=O) groups excluding carboxylic acids is 2. The summed E-state index contributed by atoms with van der Waals surface area (Å²) in [5, 5.41) is 20.9. The second kappa shape index (κ2) is 13.6. The third-order valence-corrected chi connectivity index (χ3v) is 8.21. The first-order valence-electron chi connectivity index (χ1n) is 14.0. The molecule has 1 aromatic heterocycles. The van der Waals surface area contributed by atoms with E-state index in [9.17, 15) is 28.0 Å². The van der Waals surface area contributed by atoms with Crippen molar-refractivity contribution in [1.29, 1.82) is 5.26 Å². The van der Waals surface area contributed by atoms with Crippen molar-refractivity contribution in [3.8, 4) is 6.07 Å². The van der Waals surface area contributed by atoms with Gasteiger partial charge in [0.25, 0.3) is 5.91 Å². The Morgan fingerprint density at radius 3 is 2.46 bits per heavy atom. The number of urea groups is 1. The van der Waals surface area contributed by atoms with Crippen LogP contribution in [0.1, 0.15) is 58.3 Å². The van der Waals surface area contributed by atoms with Gasteiger partial charge in [-0.3, -0.25) is 20.3 Å². The summed E-state index contributed by atoms with van der Waals surface area (Å²) >= 11 is 0.953. The number of hydrazone groups is 1. The largest absolute Gasteiger partial charge is 0.417 e. The number of nitrogens with one attached hydrogen (secondary N) is 2. The zero-order chi connectivity index (χ0) is 32.8. The maximum atomic E-state index is 13.7. The van der Waals surface area contributed by atoms with E-state index >= 15 is 0 Å². The zero-order valence-electron chi connectivity index (χ0n) is 24.1. The van der Waals surface area contributed by atoms with Gasteiger partial charge in [-0.25, -0.2) is 9.78 Å². The summed E-state index contributed by atoms with van der Waals surface area (Å²) in [7, 11) is 0. The molecule has 1 aliphatic carbocycles. The minimum Gasteiger partial charge on any atom is -0.320 e. The molecule has 0 saturated heterocycles.